The maximum atomic E-state index is 12.6. The van der Waals surface area contributed by atoms with Crippen LogP contribution in [0.15, 0.2) is 79.0 Å². The zero-order valence-electron chi connectivity index (χ0n) is 18.3. The predicted molar refractivity (Wildman–Crippen MR) is 128 cm³/mol. The Morgan fingerprint density at radius 3 is 2.26 bits per heavy atom. The van der Waals surface area contributed by atoms with Crippen LogP contribution in [0.2, 0.25) is 0 Å². The lowest BCUT2D eigenvalue weighted by atomic mass is 10.0. The number of aromatic hydroxyl groups is 1. The Balaban J connectivity index is 1.36. The summed E-state index contributed by atoms with van der Waals surface area (Å²) in [4.78, 5) is 27.6. The topological polar surface area (TPSA) is 138 Å². The van der Waals surface area contributed by atoms with Crippen LogP contribution in [0.3, 0.4) is 0 Å². The number of H-pyrrole nitrogens is 1. The van der Waals surface area contributed by atoms with Gasteiger partial charge in [-0.05, 0) is 60.0 Å². The number of aliphatic carboxylic acids is 1. The number of ether oxygens (including phenoxy) is 1. The van der Waals surface area contributed by atoms with Crippen LogP contribution < -0.4 is 15.8 Å². The van der Waals surface area contributed by atoms with E-state index in [-0.39, 0.29) is 18.6 Å². The summed E-state index contributed by atoms with van der Waals surface area (Å²) in [6.07, 6.45) is 2.19. The molecule has 2 atom stereocenters. The Morgan fingerprint density at radius 2 is 1.59 bits per heavy atom. The van der Waals surface area contributed by atoms with Crippen molar-refractivity contribution in [3.63, 3.8) is 0 Å². The fourth-order valence-corrected chi connectivity index (χ4v) is 3.69. The molecule has 0 unspecified atom stereocenters. The fraction of sp³-hybridized carbons (Fsp3) is 0.154. The first-order valence-electron chi connectivity index (χ1n) is 10.8. The van der Waals surface area contributed by atoms with Crippen molar-refractivity contribution in [3.05, 3.63) is 90.1 Å². The van der Waals surface area contributed by atoms with E-state index in [1.165, 1.54) is 12.1 Å². The first-order valence-corrected chi connectivity index (χ1v) is 10.8. The molecule has 1 amide bonds. The number of hydrogen-bond donors (Lipinski definition) is 5. The van der Waals surface area contributed by atoms with Gasteiger partial charge in [-0.2, -0.15) is 0 Å². The van der Waals surface area contributed by atoms with Crippen LogP contribution in [0.5, 0.6) is 17.2 Å². The molecular formula is C26H25N3O5. The number of benzene rings is 3. The van der Waals surface area contributed by atoms with Crippen molar-refractivity contribution in [2.24, 2.45) is 5.73 Å². The maximum absolute atomic E-state index is 12.6. The van der Waals surface area contributed by atoms with E-state index < -0.39 is 24.0 Å². The lowest BCUT2D eigenvalue weighted by Crippen LogP contribution is -2.50. The summed E-state index contributed by atoms with van der Waals surface area (Å²) in [6.45, 7) is 0. The smallest absolute Gasteiger partial charge is 0.326 e. The number of phenols is 1. The number of nitrogens with one attached hydrogen (secondary N) is 2. The first-order chi connectivity index (χ1) is 16.4. The van der Waals surface area contributed by atoms with Crippen molar-refractivity contribution in [2.75, 3.05) is 0 Å². The number of carbonyl (C=O) groups is 2. The van der Waals surface area contributed by atoms with Gasteiger partial charge in [0.15, 0.2) is 0 Å². The summed E-state index contributed by atoms with van der Waals surface area (Å²) in [5.74, 6) is -0.399. The highest BCUT2D eigenvalue weighted by Gasteiger charge is 2.24. The number of rotatable bonds is 9. The molecule has 0 spiro atoms. The number of aromatic nitrogens is 1. The van der Waals surface area contributed by atoms with Gasteiger partial charge in [-0.3, -0.25) is 4.79 Å². The minimum atomic E-state index is -1.14. The average Bonchev–Trinajstić information content (AvgIpc) is 3.24. The number of fused-ring (bicyclic) bond motifs is 1. The van der Waals surface area contributed by atoms with E-state index in [1.807, 2.05) is 30.5 Å². The van der Waals surface area contributed by atoms with Crippen LogP contribution in [0, 0.1) is 0 Å². The second-order valence-corrected chi connectivity index (χ2v) is 8.01. The molecule has 4 aromatic rings. The number of carbonyl (C=O) groups excluding carboxylic acids is 1. The molecule has 1 heterocycles. The average molecular weight is 460 g/mol. The molecule has 0 aliphatic heterocycles. The first kappa shape index (κ1) is 22.9. The number of amides is 1. The molecule has 0 saturated heterocycles. The molecular weight excluding hydrogens is 434 g/mol. The molecule has 8 heteroatoms. The third-order valence-electron chi connectivity index (χ3n) is 5.50. The van der Waals surface area contributed by atoms with Gasteiger partial charge < -0.3 is 31.0 Å². The zero-order valence-corrected chi connectivity index (χ0v) is 18.3. The SMILES string of the molecule is N[C@@H](Cc1c[nH]c2ccccc12)C(=O)N[C@@H](Cc1ccc(Oc2ccc(O)cc2)cc1)C(=O)O. The third-order valence-corrected chi connectivity index (χ3v) is 5.50. The number of hydrogen-bond acceptors (Lipinski definition) is 5. The van der Waals surface area contributed by atoms with Gasteiger partial charge in [-0.15, -0.1) is 0 Å². The van der Waals surface area contributed by atoms with E-state index in [2.05, 4.69) is 10.3 Å². The predicted octanol–water partition coefficient (Wildman–Crippen LogP) is 3.35. The molecule has 0 aliphatic carbocycles. The molecule has 8 nitrogen and oxygen atoms in total. The number of para-hydroxylation sites is 1. The minimum absolute atomic E-state index is 0.0976. The lowest BCUT2D eigenvalue weighted by molar-refractivity contribution is -0.141. The number of nitrogens with two attached hydrogens (primary N) is 1. The monoisotopic (exact) mass is 459 g/mol. The fourth-order valence-electron chi connectivity index (χ4n) is 3.69. The van der Waals surface area contributed by atoms with Crippen LogP contribution in [0.25, 0.3) is 10.9 Å². The molecule has 0 radical (unpaired) electrons. The summed E-state index contributed by atoms with van der Waals surface area (Å²) in [6, 6.07) is 18.9. The molecule has 0 fully saturated rings. The largest absolute Gasteiger partial charge is 0.508 e. The quantitative estimate of drug-likeness (QED) is 0.260. The Labute approximate surface area is 196 Å². The Hall–Kier alpha value is -4.30. The van der Waals surface area contributed by atoms with Gasteiger partial charge >= 0.3 is 5.97 Å². The molecule has 1 aromatic heterocycles. The molecule has 3 aromatic carbocycles. The van der Waals surface area contributed by atoms with Crippen molar-refractivity contribution in [1.29, 1.82) is 0 Å². The maximum Gasteiger partial charge on any atom is 0.326 e. The van der Waals surface area contributed by atoms with E-state index in [4.69, 9.17) is 10.5 Å². The van der Waals surface area contributed by atoms with Crippen LogP contribution in [0.4, 0.5) is 0 Å². The summed E-state index contributed by atoms with van der Waals surface area (Å²) in [5.41, 5.74) is 8.66. The molecule has 4 rings (SSSR count). The van der Waals surface area contributed by atoms with Crippen molar-refractivity contribution in [1.82, 2.24) is 10.3 Å². The lowest BCUT2D eigenvalue weighted by Gasteiger charge is -2.18. The van der Waals surface area contributed by atoms with Gasteiger partial charge in [0.1, 0.15) is 23.3 Å². The van der Waals surface area contributed by atoms with E-state index in [0.29, 0.717) is 11.5 Å². The van der Waals surface area contributed by atoms with Crippen LogP contribution in [0.1, 0.15) is 11.1 Å². The van der Waals surface area contributed by atoms with Gasteiger partial charge in [0.05, 0.1) is 6.04 Å². The van der Waals surface area contributed by atoms with E-state index in [9.17, 15) is 19.8 Å². The van der Waals surface area contributed by atoms with Crippen LogP contribution in [-0.2, 0) is 22.4 Å². The van der Waals surface area contributed by atoms with Crippen LogP contribution >= 0.6 is 0 Å². The molecule has 0 bridgehead atoms. The van der Waals surface area contributed by atoms with Crippen molar-refractivity contribution in [2.45, 2.75) is 24.9 Å². The molecule has 174 valence electrons. The standard InChI is InChI=1S/C26H25N3O5/c27-22(14-17-15-28-23-4-2-1-3-21(17)23)25(31)29-24(26(32)33)13-16-5-9-19(10-6-16)34-20-11-7-18(30)8-12-20/h1-12,15,22,24,28,30H,13-14,27H2,(H,29,31)(H,32,33)/t22-,24-/m0/s1. The molecule has 34 heavy (non-hydrogen) atoms. The van der Waals surface area contributed by atoms with Gasteiger partial charge in [-0.1, -0.05) is 30.3 Å². The number of phenolic OH excluding ortho intramolecular Hbond substituents is 1. The molecule has 0 saturated carbocycles. The summed E-state index contributed by atoms with van der Waals surface area (Å²) in [7, 11) is 0. The highest BCUT2D eigenvalue weighted by Crippen LogP contribution is 2.24. The normalized spacial score (nSPS) is 12.7. The van der Waals surface area contributed by atoms with Crippen molar-refractivity contribution in [3.8, 4) is 17.2 Å². The van der Waals surface area contributed by atoms with Crippen LogP contribution in [-0.4, -0.2) is 39.2 Å². The number of carboxylic acid groups (broad SMARTS) is 1. The highest BCUT2D eigenvalue weighted by atomic mass is 16.5. The third kappa shape index (κ3) is 5.54. The van der Waals surface area contributed by atoms with Gasteiger partial charge in [-0.25, -0.2) is 4.79 Å². The Bertz CT molecular complexity index is 1280. The minimum Gasteiger partial charge on any atom is -0.508 e. The van der Waals surface area contributed by atoms with Gasteiger partial charge in [0, 0.05) is 23.5 Å². The summed E-state index contributed by atoms with van der Waals surface area (Å²) < 4.78 is 5.70. The van der Waals surface area contributed by atoms with Crippen molar-refractivity contribution >= 4 is 22.8 Å². The Morgan fingerprint density at radius 1 is 0.941 bits per heavy atom. The van der Waals surface area contributed by atoms with E-state index >= 15 is 0 Å². The van der Waals surface area contributed by atoms with Gasteiger partial charge in [0.25, 0.3) is 0 Å². The van der Waals surface area contributed by atoms with E-state index in [0.717, 1.165) is 22.0 Å². The highest BCUT2D eigenvalue weighted by molar-refractivity contribution is 5.88. The summed E-state index contributed by atoms with van der Waals surface area (Å²) in [5, 5.41) is 22.5. The second kappa shape index (κ2) is 10.1. The Kier molecular flexibility index (Phi) is 6.79. The van der Waals surface area contributed by atoms with E-state index in [1.54, 1.807) is 36.4 Å². The molecule has 6 N–H and O–H groups in total. The zero-order chi connectivity index (χ0) is 24.1. The molecule has 0 aliphatic rings. The van der Waals surface area contributed by atoms with Crippen molar-refractivity contribution < 1.29 is 24.5 Å². The second-order valence-electron chi connectivity index (χ2n) is 8.01. The van der Waals surface area contributed by atoms with Gasteiger partial charge in [0.2, 0.25) is 5.91 Å². The number of carboxylic acids is 1. The number of aromatic amines is 1. The summed E-state index contributed by atoms with van der Waals surface area (Å²) >= 11 is 0.